The van der Waals surface area contributed by atoms with Gasteiger partial charge in [-0.25, -0.2) is 4.98 Å². The van der Waals surface area contributed by atoms with E-state index in [1.54, 1.807) is 18.3 Å². The Morgan fingerprint density at radius 1 is 1.50 bits per heavy atom. The SMILES string of the molecule is CCCCC(CC)CNC(=O)c1ccnc(Cl)c1. The van der Waals surface area contributed by atoms with Crippen molar-refractivity contribution in [3.05, 3.63) is 29.0 Å². The molecule has 1 heterocycles. The van der Waals surface area contributed by atoms with Gasteiger partial charge in [0, 0.05) is 18.3 Å². The molecule has 1 rings (SSSR count). The highest BCUT2D eigenvalue weighted by Crippen LogP contribution is 2.12. The van der Waals surface area contributed by atoms with Crippen molar-refractivity contribution in [3.8, 4) is 0 Å². The van der Waals surface area contributed by atoms with E-state index in [9.17, 15) is 4.79 Å². The van der Waals surface area contributed by atoms with E-state index < -0.39 is 0 Å². The lowest BCUT2D eigenvalue weighted by molar-refractivity contribution is 0.0945. The van der Waals surface area contributed by atoms with Gasteiger partial charge in [-0.3, -0.25) is 4.79 Å². The maximum atomic E-state index is 11.9. The number of pyridine rings is 1. The zero-order valence-corrected chi connectivity index (χ0v) is 11.8. The summed E-state index contributed by atoms with van der Waals surface area (Å²) in [7, 11) is 0. The molecule has 0 spiro atoms. The summed E-state index contributed by atoms with van der Waals surface area (Å²) in [4.78, 5) is 15.8. The summed E-state index contributed by atoms with van der Waals surface area (Å²) in [6, 6.07) is 3.26. The van der Waals surface area contributed by atoms with E-state index in [4.69, 9.17) is 11.6 Å². The fraction of sp³-hybridized carbons (Fsp3) is 0.571. The molecule has 1 aromatic rings. The minimum Gasteiger partial charge on any atom is -0.352 e. The minimum atomic E-state index is -0.0748. The van der Waals surface area contributed by atoms with E-state index in [2.05, 4.69) is 24.1 Å². The molecule has 0 bridgehead atoms. The Bertz CT molecular complexity index is 382. The Hall–Kier alpha value is -1.09. The van der Waals surface area contributed by atoms with Crippen LogP contribution < -0.4 is 5.32 Å². The number of nitrogens with zero attached hydrogens (tertiary/aromatic N) is 1. The summed E-state index contributed by atoms with van der Waals surface area (Å²) >= 11 is 5.76. The summed E-state index contributed by atoms with van der Waals surface area (Å²) < 4.78 is 0. The van der Waals surface area contributed by atoms with Crippen LogP contribution in [0.1, 0.15) is 49.9 Å². The number of nitrogens with one attached hydrogen (secondary N) is 1. The summed E-state index contributed by atoms with van der Waals surface area (Å²) in [5.41, 5.74) is 0.570. The van der Waals surface area contributed by atoms with Gasteiger partial charge in [-0.2, -0.15) is 0 Å². The van der Waals surface area contributed by atoms with E-state index >= 15 is 0 Å². The van der Waals surface area contributed by atoms with Crippen molar-refractivity contribution in [2.75, 3.05) is 6.54 Å². The topological polar surface area (TPSA) is 42.0 Å². The van der Waals surface area contributed by atoms with Gasteiger partial charge in [-0.1, -0.05) is 44.7 Å². The Morgan fingerprint density at radius 2 is 2.28 bits per heavy atom. The van der Waals surface area contributed by atoms with Crippen LogP contribution in [-0.2, 0) is 0 Å². The number of hydrogen-bond donors (Lipinski definition) is 1. The number of hydrogen-bond acceptors (Lipinski definition) is 2. The van der Waals surface area contributed by atoms with Gasteiger partial charge in [0.25, 0.3) is 5.91 Å². The third-order valence-electron chi connectivity index (χ3n) is 3.08. The molecule has 1 unspecified atom stereocenters. The van der Waals surface area contributed by atoms with E-state index in [1.165, 1.54) is 19.3 Å². The van der Waals surface area contributed by atoms with Gasteiger partial charge in [0.2, 0.25) is 0 Å². The number of aromatic nitrogens is 1. The fourth-order valence-electron chi connectivity index (χ4n) is 1.83. The van der Waals surface area contributed by atoms with Crippen molar-refractivity contribution in [3.63, 3.8) is 0 Å². The van der Waals surface area contributed by atoms with Gasteiger partial charge in [0.05, 0.1) is 0 Å². The lowest BCUT2D eigenvalue weighted by Crippen LogP contribution is -2.29. The smallest absolute Gasteiger partial charge is 0.251 e. The predicted octanol–water partition coefficient (Wildman–Crippen LogP) is 3.68. The lowest BCUT2D eigenvalue weighted by atomic mass is 9.99. The molecule has 18 heavy (non-hydrogen) atoms. The summed E-state index contributed by atoms with van der Waals surface area (Å²) in [6.07, 6.45) is 6.23. The zero-order chi connectivity index (χ0) is 13.4. The molecule has 4 heteroatoms. The molecule has 0 aromatic carbocycles. The first kappa shape index (κ1) is 15.0. The molecular formula is C14H21ClN2O. The predicted molar refractivity (Wildman–Crippen MR) is 74.9 cm³/mol. The summed E-state index contributed by atoms with van der Waals surface area (Å²) in [6.45, 7) is 5.08. The second-order valence-corrected chi connectivity index (χ2v) is 4.88. The van der Waals surface area contributed by atoms with Crippen molar-refractivity contribution in [1.82, 2.24) is 10.3 Å². The van der Waals surface area contributed by atoms with Crippen molar-refractivity contribution in [2.24, 2.45) is 5.92 Å². The zero-order valence-electron chi connectivity index (χ0n) is 11.1. The van der Waals surface area contributed by atoms with Crippen LogP contribution in [0.5, 0.6) is 0 Å². The normalized spacial score (nSPS) is 12.2. The molecular weight excluding hydrogens is 248 g/mol. The summed E-state index contributed by atoms with van der Waals surface area (Å²) in [5.74, 6) is 0.487. The van der Waals surface area contributed by atoms with Crippen LogP contribution in [-0.4, -0.2) is 17.4 Å². The molecule has 0 aliphatic carbocycles. The molecule has 1 N–H and O–H groups in total. The first-order chi connectivity index (χ1) is 8.67. The molecule has 0 aliphatic rings. The fourth-order valence-corrected chi connectivity index (χ4v) is 2.00. The monoisotopic (exact) mass is 268 g/mol. The Labute approximate surface area is 114 Å². The number of unbranched alkanes of at least 4 members (excludes halogenated alkanes) is 1. The largest absolute Gasteiger partial charge is 0.352 e. The van der Waals surface area contributed by atoms with E-state index in [0.29, 0.717) is 16.6 Å². The van der Waals surface area contributed by atoms with E-state index in [0.717, 1.165) is 13.0 Å². The molecule has 1 amide bonds. The third kappa shape index (κ3) is 5.05. The second-order valence-electron chi connectivity index (χ2n) is 4.49. The Balaban J connectivity index is 2.44. The Kier molecular flexibility index (Phi) is 6.73. The van der Waals surface area contributed by atoms with Gasteiger partial charge in [-0.15, -0.1) is 0 Å². The molecule has 0 saturated carbocycles. The average molecular weight is 269 g/mol. The molecule has 0 radical (unpaired) electrons. The van der Waals surface area contributed by atoms with Crippen LogP contribution >= 0.6 is 11.6 Å². The molecule has 3 nitrogen and oxygen atoms in total. The number of halogens is 1. The van der Waals surface area contributed by atoms with E-state index in [-0.39, 0.29) is 5.91 Å². The first-order valence-electron chi connectivity index (χ1n) is 6.57. The van der Waals surface area contributed by atoms with Gasteiger partial charge in [-0.05, 0) is 24.5 Å². The molecule has 1 atom stereocenters. The molecule has 0 fully saturated rings. The van der Waals surface area contributed by atoms with Crippen LogP contribution in [0.2, 0.25) is 5.15 Å². The summed E-state index contributed by atoms with van der Waals surface area (Å²) in [5, 5.41) is 3.31. The highest BCUT2D eigenvalue weighted by Gasteiger charge is 2.10. The minimum absolute atomic E-state index is 0.0748. The number of amides is 1. The maximum Gasteiger partial charge on any atom is 0.251 e. The van der Waals surface area contributed by atoms with Crippen molar-refractivity contribution < 1.29 is 4.79 Å². The standard InChI is InChI=1S/C14H21ClN2O/c1-3-5-6-11(4-2)10-17-14(18)12-7-8-16-13(15)9-12/h7-9,11H,3-6,10H2,1-2H3,(H,17,18). The lowest BCUT2D eigenvalue weighted by Gasteiger charge is -2.15. The van der Waals surface area contributed by atoms with Crippen molar-refractivity contribution in [2.45, 2.75) is 39.5 Å². The van der Waals surface area contributed by atoms with E-state index in [1.807, 2.05) is 0 Å². The quantitative estimate of drug-likeness (QED) is 0.767. The number of rotatable bonds is 7. The van der Waals surface area contributed by atoms with Gasteiger partial charge < -0.3 is 5.32 Å². The third-order valence-corrected chi connectivity index (χ3v) is 3.29. The number of carbonyl (C=O) groups is 1. The molecule has 0 saturated heterocycles. The molecule has 1 aromatic heterocycles. The van der Waals surface area contributed by atoms with Crippen LogP contribution in [0.4, 0.5) is 0 Å². The molecule has 100 valence electrons. The van der Waals surface area contributed by atoms with Gasteiger partial charge in [0.15, 0.2) is 0 Å². The Morgan fingerprint density at radius 3 is 2.89 bits per heavy atom. The second kappa shape index (κ2) is 8.09. The van der Waals surface area contributed by atoms with Crippen LogP contribution in [0, 0.1) is 5.92 Å². The van der Waals surface area contributed by atoms with Crippen molar-refractivity contribution in [1.29, 1.82) is 0 Å². The highest BCUT2D eigenvalue weighted by molar-refractivity contribution is 6.29. The number of carbonyl (C=O) groups excluding carboxylic acids is 1. The van der Waals surface area contributed by atoms with Crippen LogP contribution in [0.25, 0.3) is 0 Å². The van der Waals surface area contributed by atoms with Gasteiger partial charge >= 0.3 is 0 Å². The van der Waals surface area contributed by atoms with Crippen molar-refractivity contribution >= 4 is 17.5 Å². The first-order valence-corrected chi connectivity index (χ1v) is 6.94. The average Bonchev–Trinajstić information content (AvgIpc) is 2.38. The van der Waals surface area contributed by atoms with Crippen LogP contribution in [0.15, 0.2) is 18.3 Å². The molecule has 0 aliphatic heterocycles. The maximum absolute atomic E-state index is 11.9. The van der Waals surface area contributed by atoms with Crippen LogP contribution in [0.3, 0.4) is 0 Å². The van der Waals surface area contributed by atoms with Gasteiger partial charge in [0.1, 0.15) is 5.15 Å². The highest BCUT2D eigenvalue weighted by atomic mass is 35.5.